The second-order valence-corrected chi connectivity index (χ2v) is 3.41. The van der Waals surface area contributed by atoms with Gasteiger partial charge in [-0.2, -0.15) is 0 Å². The number of carbonyl (C=O) groups excluding carboxylic acids is 1. The van der Waals surface area contributed by atoms with Crippen LogP contribution in [-0.4, -0.2) is 5.78 Å². The van der Waals surface area contributed by atoms with Crippen molar-refractivity contribution in [3.8, 4) is 0 Å². The molecule has 1 spiro atoms. The van der Waals surface area contributed by atoms with Gasteiger partial charge in [-0.3, -0.25) is 4.79 Å². The van der Waals surface area contributed by atoms with Gasteiger partial charge in [0, 0.05) is 11.8 Å². The summed E-state index contributed by atoms with van der Waals surface area (Å²) in [5, 5.41) is 0. The van der Waals surface area contributed by atoms with Crippen LogP contribution in [-0.2, 0) is 4.79 Å². The molecule has 2 saturated carbocycles. The van der Waals surface area contributed by atoms with Crippen molar-refractivity contribution < 1.29 is 4.79 Å². The largest absolute Gasteiger partial charge is 0.299 e. The predicted octanol–water partition coefficient (Wildman–Crippen LogP) is 1.91. The summed E-state index contributed by atoms with van der Waals surface area (Å²) in [4.78, 5) is 11.2. The summed E-state index contributed by atoms with van der Waals surface area (Å²) in [6.07, 6.45) is 6.94. The second-order valence-electron chi connectivity index (χ2n) is 3.41. The Bertz CT molecular complexity index is 145. The second kappa shape index (κ2) is 1.59. The molecule has 1 nitrogen and oxygen atoms in total. The van der Waals surface area contributed by atoms with Crippen molar-refractivity contribution in [2.24, 2.45) is 5.41 Å². The SMILES string of the molecule is O=C1CCCC12CCC2. The van der Waals surface area contributed by atoms with Crippen molar-refractivity contribution in [2.75, 3.05) is 0 Å². The van der Waals surface area contributed by atoms with Crippen LogP contribution in [0.15, 0.2) is 0 Å². The van der Waals surface area contributed by atoms with Gasteiger partial charge in [0.1, 0.15) is 5.78 Å². The first-order chi connectivity index (χ1) is 4.33. The molecule has 9 heavy (non-hydrogen) atoms. The Morgan fingerprint density at radius 2 is 1.78 bits per heavy atom. The Kier molecular flexibility index (Phi) is 0.961. The smallest absolute Gasteiger partial charge is 0.139 e. The van der Waals surface area contributed by atoms with Crippen LogP contribution in [0.1, 0.15) is 38.5 Å². The van der Waals surface area contributed by atoms with Crippen molar-refractivity contribution in [3.05, 3.63) is 0 Å². The molecule has 0 aliphatic heterocycles. The maximum absolute atomic E-state index is 11.2. The van der Waals surface area contributed by atoms with E-state index in [2.05, 4.69) is 0 Å². The quantitative estimate of drug-likeness (QED) is 0.482. The van der Waals surface area contributed by atoms with Gasteiger partial charge in [0.05, 0.1) is 0 Å². The number of hydrogen-bond acceptors (Lipinski definition) is 1. The third-order valence-electron chi connectivity index (χ3n) is 2.96. The molecule has 2 aliphatic carbocycles. The van der Waals surface area contributed by atoms with Gasteiger partial charge in [0.2, 0.25) is 0 Å². The van der Waals surface area contributed by atoms with Crippen LogP contribution in [0.3, 0.4) is 0 Å². The first kappa shape index (κ1) is 5.45. The van der Waals surface area contributed by atoms with Crippen LogP contribution in [0, 0.1) is 5.41 Å². The number of hydrogen-bond donors (Lipinski definition) is 0. The summed E-state index contributed by atoms with van der Waals surface area (Å²) >= 11 is 0. The number of carbonyl (C=O) groups is 1. The van der Waals surface area contributed by atoms with E-state index in [1.165, 1.54) is 32.1 Å². The highest BCUT2D eigenvalue weighted by molar-refractivity contribution is 5.87. The molecule has 0 unspecified atom stereocenters. The Labute approximate surface area is 55.4 Å². The monoisotopic (exact) mass is 124 g/mol. The molecule has 2 aliphatic rings. The van der Waals surface area contributed by atoms with Gasteiger partial charge in [-0.05, 0) is 25.7 Å². The summed E-state index contributed by atoms with van der Waals surface area (Å²) in [5.74, 6) is 0.564. The standard InChI is InChI=1S/C8H12O/c9-7-3-1-4-8(7)5-2-6-8/h1-6H2. The van der Waals surface area contributed by atoms with Crippen molar-refractivity contribution >= 4 is 5.78 Å². The number of Topliss-reactive ketones (excluding diaryl/α,β-unsaturated/α-hetero) is 1. The highest BCUT2D eigenvalue weighted by Crippen LogP contribution is 2.50. The average molecular weight is 124 g/mol. The molecule has 0 heterocycles. The zero-order valence-corrected chi connectivity index (χ0v) is 5.65. The fraction of sp³-hybridized carbons (Fsp3) is 0.875. The van der Waals surface area contributed by atoms with E-state index < -0.39 is 0 Å². The van der Waals surface area contributed by atoms with Crippen molar-refractivity contribution in [1.29, 1.82) is 0 Å². The third kappa shape index (κ3) is 0.577. The van der Waals surface area contributed by atoms with E-state index in [1.807, 2.05) is 0 Å². The van der Waals surface area contributed by atoms with Gasteiger partial charge in [-0.25, -0.2) is 0 Å². The van der Waals surface area contributed by atoms with Gasteiger partial charge in [0.15, 0.2) is 0 Å². The third-order valence-corrected chi connectivity index (χ3v) is 2.96. The minimum atomic E-state index is 0.236. The van der Waals surface area contributed by atoms with Gasteiger partial charge < -0.3 is 0 Å². The molecular formula is C8H12O. The van der Waals surface area contributed by atoms with Crippen LogP contribution in [0.4, 0.5) is 0 Å². The lowest BCUT2D eigenvalue weighted by Crippen LogP contribution is -2.32. The van der Waals surface area contributed by atoms with E-state index in [0.717, 1.165) is 6.42 Å². The van der Waals surface area contributed by atoms with E-state index in [0.29, 0.717) is 5.78 Å². The van der Waals surface area contributed by atoms with Gasteiger partial charge >= 0.3 is 0 Å². The summed E-state index contributed by atoms with van der Waals surface area (Å²) in [5.41, 5.74) is 0.236. The maximum Gasteiger partial charge on any atom is 0.139 e. The molecule has 0 saturated heterocycles. The molecule has 50 valence electrons. The maximum atomic E-state index is 11.2. The first-order valence-electron chi connectivity index (χ1n) is 3.87. The average Bonchev–Trinajstić information content (AvgIpc) is 2.07. The predicted molar refractivity (Wildman–Crippen MR) is 35.1 cm³/mol. The summed E-state index contributed by atoms with van der Waals surface area (Å²) in [7, 11) is 0. The molecule has 0 aromatic heterocycles. The molecule has 2 rings (SSSR count). The molecule has 0 atom stereocenters. The van der Waals surface area contributed by atoms with Crippen molar-refractivity contribution in [1.82, 2.24) is 0 Å². The Hall–Kier alpha value is -0.330. The zero-order valence-electron chi connectivity index (χ0n) is 5.65. The Morgan fingerprint density at radius 1 is 1.11 bits per heavy atom. The molecule has 2 fully saturated rings. The fourth-order valence-corrected chi connectivity index (χ4v) is 2.12. The van der Waals surface area contributed by atoms with Crippen LogP contribution in [0.2, 0.25) is 0 Å². The van der Waals surface area contributed by atoms with Crippen LogP contribution >= 0.6 is 0 Å². The first-order valence-corrected chi connectivity index (χ1v) is 3.87. The molecule has 0 radical (unpaired) electrons. The Balaban J connectivity index is 2.17. The highest BCUT2D eigenvalue weighted by Gasteiger charge is 2.46. The van der Waals surface area contributed by atoms with Gasteiger partial charge in [-0.1, -0.05) is 6.42 Å². The normalized spacial score (nSPS) is 30.9. The Morgan fingerprint density at radius 3 is 2.00 bits per heavy atom. The van der Waals surface area contributed by atoms with Crippen LogP contribution in [0.5, 0.6) is 0 Å². The van der Waals surface area contributed by atoms with Crippen molar-refractivity contribution in [3.63, 3.8) is 0 Å². The van der Waals surface area contributed by atoms with E-state index in [1.54, 1.807) is 0 Å². The zero-order chi connectivity index (χ0) is 6.32. The lowest BCUT2D eigenvalue weighted by molar-refractivity contribution is -0.129. The van der Waals surface area contributed by atoms with E-state index in [4.69, 9.17) is 0 Å². The summed E-state index contributed by atoms with van der Waals surface area (Å²) < 4.78 is 0. The fourth-order valence-electron chi connectivity index (χ4n) is 2.12. The topological polar surface area (TPSA) is 17.1 Å². The molecule has 1 heteroatoms. The van der Waals surface area contributed by atoms with Crippen molar-refractivity contribution in [2.45, 2.75) is 38.5 Å². The lowest BCUT2D eigenvalue weighted by Gasteiger charge is -2.36. The van der Waals surface area contributed by atoms with Crippen LogP contribution < -0.4 is 0 Å². The number of ketones is 1. The van der Waals surface area contributed by atoms with E-state index in [-0.39, 0.29) is 5.41 Å². The molecular weight excluding hydrogens is 112 g/mol. The molecule has 0 amide bonds. The van der Waals surface area contributed by atoms with Gasteiger partial charge in [0.25, 0.3) is 0 Å². The van der Waals surface area contributed by atoms with Crippen LogP contribution in [0.25, 0.3) is 0 Å². The van der Waals surface area contributed by atoms with E-state index in [9.17, 15) is 4.79 Å². The molecule has 0 N–H and O–H groups in total. The minimum absolute atomic E-state index is 0.236. The summed E-state index contributed by atoms with van der Waals surface area (Å²) in [6, 6.07) is 0. The lowest BCUT2D eigenvalue weighted by atomic mass is 9.67. The summed E-state index contributed by atoms with van der Waals surface area (Å²) in [6.45, 7) is 0. The van der Waals surface area contributed by atoms with E-state index >= 15 is 0 Å². The highest BCUT2D eigenvalue weighted by atomic mass is 16.1. The number of rotatable bonds is 0. The van der Waals surface area contributed by atoms with Gasteiger partial charge in [-0.15, -0.1) is 0 Å². The molecule has 0 aromatic rings. The molecule has 0 aromatic carbocycles. The molecule has 0 bridgehead atoms. The minimum Gasteiger partial charge on any atom is -0.299 e.